The fourth-order valence-electron chi connectivity index (χ4n) is 3.41. The Labute approximate surface area is 174 Å². The Morgan fingerprint density at radius 3 is 2.46 bits per heavy atom. The number of nitrogens with one attached hydrogen (secondary N) is 1. The minimum absolute atomic E-state index is 0. The van der Waals surface area contributed by atoms with Crippen LogP contribution < -0.4 is 5.32 Å². The van der Waals surface area contributed by atoms with Gasteiger partial charge in [-0.25, -0.2) is 4.98 Å². The van der Waals surface area contributed by atoms with Crippen molar-refractivity contribution in [2.45, 2.75) is 39.2 Å². The Bertz CT molecular complexity index is 622. The number of hydrogen-bond acceptors (Lipinski definition) is 4. The summed E-state index contributed by atoms with van der Waals surface area (Å²) >= 11 is 1.77. The zero-order valence-corrected chi connectivity index (χ0v) is 18.2. The molecule has 2 aromatic rings. The number of thiazole rings is 1. The molecule has 1 fully saturated rings. The predicted octanol–water partition coefficient (Wildman–Crippen LogP) is 5.04. The lowest BCUT2D eigenvalue weighted by molar-refractivity contribution is 0.171. The van der Waals surface area contributed by atoms with Gasteiger partial charge < -0.3 is 5.32 Å². The van der Waals surface area contributed by atoms with Crippen LogP contribution in [0, 0.1) is 5.92 Å². The molecule has 1 aliphatic heterocycles. The third-order valence-corrected chi connectivity index (χ3v) is 6.00. The minimum atomic E-state index is 0. The second kappa shape index (κ2) is 11.9. The van der Waals surface area contributed by atoms with Gasteiger partial charge in [-0.3, -0.25) is 4.90 Å². The molecule has 1 aliphatic rings. The van der Waals surface area contributed by atoms with Crippen LogP contribution in [0.15, 0.2) is 29.6 Å². The number of aryl methyl sites for hydroxylation is 1. The first kappa shape index (κ1) is 23.4. The maximum atomic E-state index is 4.87. The molecular weight excluding hydrogens is 385 g/mol. The smallest absolute Gasteiger partial charge is 0.123 e. The predicted molar refractivity (Wildman–Crippen MR) is 118 cm³/mol. The van der Waals surface area contributed by atoms with Crippen molar-refractivity contribution < 1.29 is 0 Å². The molecule has 1 saturated heterocycles. The second-order valence-corrected chi connectivity index (χ2v) is 7.66. The number of benzene rings is 1. The van der Waals surface area contributed by atoms with Crippen molar-refractivity contribution in [1.29, 1.82) is 0 Å². The molecule has 0 bridgehead atoms. The number of halogens is 2. The zero-order chi connectivity index (χ0) is 16.8. The van der Waals surface area contributed by atoms with E-state index in [1.165, 1.54) is 49.2 Å². The van der Waals surface area contributed by atoms with Crippen molar-refractivity contribution in [2.75, 3.05) is 26.7 Å². The van der Waals surface area contributed by atoms with Gasteiger partial charge >= 0.3 is 0 Å². The summed E-state index contributed by atoms with van der Waals surface area (Å²) in [5.41, 5.74) is 3.86. The molecule has 3 rings (SSSR count). The highest BCUT2D eigenvalue weighted by Gasteiger charge is 2.19. The summed E-state index contributed by atoms with van der Waals surface area (Å²) in [4.78, 5) is 7.43. The van der Waals surface area contributed by atoms with E-state index < -0.39 is 0 Å². The molecule has 0 amide bonds. The monoisotopic (exact) mass is 415 g/mol. The fourth-order valence-corrected chi connectivity index (χ4v) is 4.22. The van der Waals surface area contributed by atoms with Crippen LogP contribution in [0.2, 0.25) is 0 Å². The minimum Gasteiger partial charge on any atom is -0.320 e. The molecule has 1 aromatic heterocycles. The van der Waals surface area contributed by atoms with Gasteiger partial charge in [0.2, 0.25) is 0 Å². The zero-order valence-electron chi connectivity index (χ0n) is 15.7. The van der Waals surface area contributed by atoms with Crippen molar-refractivity contribution in [3.05, 3.63) is 40.9 Å². The lowest BCUT2D eigenvalue weighted by atomic mass is 9.93. The number of nitrogens with zero attached hydrogens (tertiary/aromatic N) is 2. The highest BCUT2D eigenvalue weighted by Crippen LogP contribution is 2.26. The Morgan fingerprint density at radius 2 is 1.85 bits per heavy atom. The summed E-state index contributed by atoms with van der Waals surface area (Å²) < 4.78 is 0. The van der Waals surface area contributed by atoms with Crippen molar-refractivity contribution >= 4 is 36.2 Å². The SMILES string of the molecule is CCc1ccc(-c2nc(CN3CCC(CCNC)CC3)cs2)cc1.Cl.Cl. The summed E-state index contributed by atoms with van der Waals surface area (Å²) in [6.45, 7) is 6.77. The van der Waals surface area contributed by atoms with Crippen LogP contribution >= 0.6 is 36.2 Å². The molecule has 0 atom stereocenters. The van der Waals surface area contributed by atoms with Crippen LogP contribution in [0.1, 0.15) is 37.4 Å². The summed E-state index contributed by atoms with van der Waals surface area (Å²) in [5, 5.41) is 6.65. The summed E-state index contributed by atoms with van der Waals surface area (Å²) in [7, 11) is 2.05. The molecule has 0 unspecified atom stereocenters. The quantitative estimate of drug-likeness (QED) is 0.686. The second-order valence-electron chi connectivity index (χ2n) is 6.81. The van der Waals surface area contributed by atoms with Gasteiger partial charge in [0, 0.05) is 17.5 Å². The molecule has 26 heavy (non-hydrogen) atoms. The molecule has 1 N–H and O–H groups in total. The molecule has 0 radical (unpaired) electrons. The van der Waals surface area contributed by atoms with Crippen molar-refractivity contribution in [1.82, 2.24) is 15.2 Å². The molecule has 0 saturated carbocycles. The van der Waals surface area contributed by atoms with Gasteiger partial charge in [0.25, 0.3) is 0 Å². The van der Waals surface area contributed by atoms with Crippen molar-refractivity contribution in [2.24, 2.45) is 5.92 Å². The van der Waals surface area contributed by atoms with Crippen LogP contribution in [0.3, 0.4) is 0 Å². The number of aromatic nitrogens is 1. The molecule has 3 nitrogen and oxygen atoms in total. The van der Waals surface area contributed by atoms with E-state index in [9.17, 15) is 0 Å². The Balaban J connectivity index is 0.00000169. The standard InChI is InChI=1S/C20H29N3S.2ClH/c1-3-16-4-6-18(7-5-16)20-22-19(15-24-20)14-23-12-9-17(10-13-23)8-11-21-2;;/h4-7,15,17,21H,3,8-14H2,1-2H3;2*1H. The van der Waals surface area contributed by atoms with Gasteiger partial charge in [-0.05, 0) is 63.8 Å². The van der Waals surface area contributed by atoms with E-state index in [2.05, 4.69) is 46.8 Å². The Hall–Kier alpha value is -0.650. The molecule has 6 heteroatoms. The molecule has 146 valence electrons. The maximum Gasteiger partial charge on any atom is 0.123 e. The largest absolute Gasteiger partial charge is 0.320 e. The molecule has 0 aliphatic carbocycles. The maximum absolute atomic E-state index is 4.87. The molecule has 2 heterocycles. The van der Waals surface area contributed by atoms with Gasteiger partial charge in [-0.1, -0.05) is 31.2 Å². The first-order valence-corrected chi connectivity index (χ1v) is 10.1. The Kier molecular flexibility index (Phi) is 10.7. The normalized spacial score (nSPS) is 15.3. The van der Waals surface area contributed by atoms with Crippen molar-refractivity contribution in [3.8, 4) is 10.6 Å². The third-order valence-electron chi connectivity index (χ3n) is 5.06. The molecule has 1 aromatic carbocycles. The Morgan fingerprint density at radius 1 is 1.15 bits per heavy atom. The van der Waals surface area contributed by atoms with E-state index in [-0.39, 0.29) is 24.8 Å². The van der Waals surface area contributed by atoms with Crippen LogP contribution in [0.4, 0.5) is 0 Å². The molecular formula is C20H31Cl2N3S. The van der Waals surface area contributed by atoms with E-state index in [1.54, 1.807) is 11.3 Å². The average Bonchev–Trinajstić information content (AvgIpc) is 3.10. The summed E-state index contributed by atoms with van der Waals surface area (Å²) in [6.07, 6.45) is 5.07. The van der Waals surface area contributed by atoms with E-state index in [0.717, 1.165) is 30.4 Å². The first-order valence-electron chi connectivity index (χ1n) is 9.19. The summed E-state index contributed by atoms with van der Waals surface area (Å²) in [5.74, 6) is 0.900. The molecule has 0 spiro atoms. The van der Waals surface area contributed by atoms with E-state index in [1.807, 2.05) is 7.05 Å². The van der Waals surface area contributed by atoms with Gasteiger partial charge in [0.1, 0.15) is 5.01 Å². The van der Waals surface area contributed by atoms with Crippen molar-refractivity contribution in [3.63, 3.8) is 0 Å². The first-order chi connectivity index (χ1) is 11.8. The number of hydrogen-bond donors (Lipinski definition) is 1. The highest BCUT2D eigenvalue weighted by atomic mass is 35.5. The van der Waals surface area contributed by atoms with Crippen LogP contribution in [-0.2, 0) is 13.0 Å². The lowest BCUT2D eigenvalue weighted by Gasteiger charge is -2.31. The number of piperidine rings is 1. The fraction of sp³-hybridized carbons (Fsp3) is 0.550. The van der Waals surface area contributed by atoms with Gasteiger partial charge in [-0.2, -0.15) is 0 Å². The van der Waals surface area contributed by atoms with Gasteiger partial charge in [0.05, 0.1) is 5.69 Å². The number of likely N-dealkylation sites (tertiary alicyclic amines) is 1. The lowest BCUT2D eigenvalue weighted by Crippen LogP contribution is -2.34. The average molecular weight is 416 g/mol. The topological polar surface area (TPSA) is 28.2 Å². The van der Waals surface area contributed by atoms with E-state index in [0.29, 0.717) is 0 Å². The summed E-state index contributed by atoms with van der Waals surface area (Å²) in [6, 6.07) is 8.84. The van der Waals surface area contributed by atoms with E-state index >= 15 is 0 Å². The highest BCUT2D eigenvalue weighted by molar-refractivity contribution is 7.13. The van der Waals surface area contributed by atoms with Crippen LogP contribution in [0.5, 0.6) is 0 Å². The third kappa shape index (κ3) is 6.50. The van der Waals surface area contributed by atoms with Crippen LogP contribution in [-0.4, -0.2) is 36.6 Å². The number of rotatable bonds is 7. The van der Waals surface area contributed by atoms with E-state index in [4.69, 9.17) is 4.98 Å². The van der Waals surface area contributed by atoms with Crippen LogP contribution in [0.25, 0.3) is 10.6 Å². The van der Waals surface area contributed by atoms with Gasteiger partial charge in [-0.15, -0.1) is 36.2 Å². The van der Waals surface area contributed by atoms with Gasteiger partial charge in [0.15, 0.2) is 0 Å².